The van der Waals surface area contributed by atoms with Crippen LogP contribution in [0.3, 0.4) is 0 Å². The van der Waals surface area contributed by atoms with Crippen LogP contribution in [-0.4, -0.2) is 5.91 Å². The number of nitrogens with one attached hydrogen (secondary N) is 1. The average Bonchev–Trinajstić information content (AvgIpc) is 2.37. The third-order valence-electron chi connectivity index (χ3n) is 2.85. The maximum absolute atomic E-state index is 13.2. The molecular formula is C15H13FINO. The van der Waals surface area contributed by atoms with Crippen LogP contribution in [0.15, 0.2) is 36.4 Å². The van der Waals surface area contributed by atoms with Crippen LogP contribution in [0.1, 0.15) is 21.5 Å². The Balaban J connectivity index is 2.26. The third-order valence-corrected chi connectivity index (χ3v) is 4.28. The van der Waals surface area contributed by atoms with Crippen molar-refractivity contribution in [2.75, 3.05) is 5.32 Å². The molecule has 0 fully saturated rings. The zero-order valence-electron chi connectivity index (χ0n) is 10.6. The fourth-order valence-electron chi connectivity index (χ4n) is 1.74. The number of rotatable bonds is 2. The summed E-state index contributed by atoms with van der Waals surface area (Å²) in [5, 5.41) is 2.78. The Bertz CT molecular complexity index is 640. The molecule has 0 heterocycles. The van der Waals surface area contributed by atoms with Crippen LogP contribution >= 0.6 is 22.6 Å². The molecule has 0 saturated carbocycles. The standard InChI is InChI=1S/C15H13FINO/c1-9-4-3-5-12(14(9)17)15(19)18-11-6-7-13(16)10(2)8-11/h3-8H,1-2H3,(H,18,19). The molecule has 19 heavy (non-hydrogen) atoms. The first-order valence-electron chi connectivity index (χ1n) is 5.81. The van der Waals surface area contributed by atoms with Gasteiger partial charge in [0, 0.05) is 9.26 Å². The molecule has 2 rings (SSSR count). The molecular weight excluding hydrogens is 356 g/mol. The normalized spacial score (nSPS) is 10.3. The number of anilines is 1. The predicted molar refractivity (Wildman–Crippen MR) is 83.0 cm³/mol. The Morgan fingerprint density at radius 3 is 2.58 bits per heavy atom. The van der Waals surface area contributed by atoms with Crippen molar-refractivity contribution in [3.63, 3.8) is 0 Å². The molecule has 0 bridgehead atoms. The van der Waals surface area contributed by atoms with E-state index in [4.69, 9.17) is 0 Å². The lowest BCUT2D eigenvalue weighted by Crippen LogP contribution is -2.14. The highest BCUT2D eigenvalue weighted by Crippen LogP contribution is 2.19. The van der Waals surface area contributed by atoms with Gasteiger partial charge in [-0.05, 0) is 71.8 Å². The van der Waals surface area contributed by atoms with Gasteiger partial charge in [-0.25, -0.2) is 4.39 Å². The van der Waals surface area contributed by atoms with Crippen molar-refractivity contribution < 1.29 is 9.18 Å². The van der Waals surface area contributed by atoms with E-state index in [1.54, 1.807) is 25.1 Å². The summed E-state index contributed by atoms with van der Waals surface area (Å²) in [5.41, 5.74) is 2.80. The number of benzene rings is 2. The van der Waals surface area contributed by atoms with Gasteiger partial charge in [0.1, 0.15) is 5.82 Å². The Labute approximate surface area is 125 Å². The van der Waals surface area contributed by atoms with Crippen molar-refractivity contribution in [1.29, 1.82) is 0 Å². The molecule has 0 aliphatic carbocycles. The molecule has 0 unspecified atom stereocenters. The Morgan fingerprint density at radius 2 is 1.89 bits per heavy atom. The summed E-state index contributed by atoms with van der Waals surface area (Å²) >= 11 is 2.15. The summed E-state index contributed by atoms with van der Waals surface area (Å²) in [6, 6.07) is 10.1. The summed E-state index contributed by atoms with van der Waals surface area (Å²) in [6.07, 6.45) is 0. The van der Waals surface area contributed by atoms with Crippen LogP contribution in [0.2, 0.25) is 0 Å². The number of hydrogen-bond acceptors (Lipinski definition) is 1. The van der Waals surface area contributed by atoms with E-state index >= 15 is 0 Å². The summed E-state index contributed by atoms with van der Waals surface area (Å²) in [6.45, 7) is 3.63. The predicted octanol–water partition coefficient (Wildman–Crippen LogP) is 4.30. The highest BCUT2D eigenvalue weighted by atomic mass is 127. The number of carbonyl (C=O) groups is 1. The quantitative estimate of drug-likeness (QED) is 0.786. The minimum absolute atomic E-state index is 0.181. The highest BCUT2D eigenvalue weighted by Gasteiger charge is 2.11. The van der Waals surface area contributed by atoms with Crippen LogP contribution in [0, 0.1) is 23.2 Å². The molecule has 0 radical (unpaired) electrons. The maximum atomic E-state index is 13.2. The molecule has 0 aliphatic heterocycles. The Kier molecular flexibility index (Phi) is 4.19. The molecule has 0 atom stereocenters. The van der Waals surface area contributed by atoms with Crippen molar-refractivity contribution in [2.45, 2.75) is 13.8 Å². The van der Waals surface area contributed by atoms with E-state index in [1.807, 2.05) is 19.1 Å². The fourth-order valence-corrected chi connectivity index (χ4v) is 2.35. The van der Waals surface area contributed by atoms with Crippen molar-refractivity contribution in [2.24, 2.45) is 0 Å². The zero-order valence-corrected chi connectivity index (χ0v) is 12.8. The maximum Gasteiger partial charge on any atom is 0.256 e. The fraction of sp³-hybridized carbons (Fsp3) is 0.133. The van der Waals surface area contributed by atoms with E-state index in [-0.39, 0.29) is 11.7 Å². The second-order valence-electron chi connectivity index (χ2n) is 4.35. The lowest BCUT2D eigenvalue weighted by molar-refractivity contribution is 0.102. The zero-order chi connectivity index (χ0) is 14.0. The minimum Gasteiger partial charge on any atom is -0.322 e. The second kappa shape index (κ2) is 5.69. The summed E-state index contributed by atoms with van der Waals surface area (Å²) < 4.78 is 14.1. The SMILES string of the molecule is Cc1cc(NC(=O)c2cccc(C)c2I)ccc1F. The first kappa shape index (κ1) is 14.0. The van der Waals surface area contributed by atoms with Gasteiger partial charge in [0.05, 0.1) is 5.56 Å². The minimum atomic E-state index is -0.275. The van der Waals surface area contributed by atoms with Gasteiger partial charge in [0.2, 0.25) is 0 Å². The molecule has 0 aliphatic rings. The van der Waals surface area contributed by atoms with E-state index in [0.717, 1.165) is 9.13 Å². The first-order chi connectivity index (χ1) is 8.99. The molecule has 0 aromatic heterocycles. The van der Waals surface area contributed by atoms with Crippen LogP contribution in [0.5, 0.6) is 0 Å². The number of carbonyl (C=O) groups excluding carboxylic acids is 1. The number of amides is 1. The molecule has 4 heteroatoms. The summed E-state index contributed by atoms with van der Waals surface area (Å²) in [7, 11) is 0. The lowest BCUT2D eigenvalue weighted by atomic mass is 10.1. The monoisotopic (exact) mass is 369 g/mol. The second-order valence-corrected chi connectivity index (χ2v) is 5.43. The van der Waals surface area contributed by atoms with Crippen molar-refractivity contribution in [1.82, 2.24) is 0 Å². The van der Waals surface area contributed by atoms with E-state index < -0.39 is 0 Å². The largest absolute Gasteiger partial charge is 0.322 e. The molecule has 0 saturated heterocycles. The number of hydrogen-bond donors (Lipinski definition) is 1. The topological polar surface area (TPSA) is 29.1 Å². The van der Waals surface area contributed by atoms with E-state index in [1.165, 1.54) is 6.07 Å². The Hall–Kier alpha value is -1.43. The van der Waals surface area contributed by atoms with Gasteiger partial charge in [-0.15, -0.1) is 0 Å². The van der Waals surface area contributed by atoms with Gasteiger partial charge in [0.15, 0.2) is 0 Å². The van der Waals surface area contributed by atoms with Gasteiger partial charge in [-0.2, -0.15) is 0 Å². The molecule has 2 nitrogen and oxygen atoms in total. The highest BCUT2D eigenvalue weighted by molar-refractivity contribution is 14.1. The van der Waals surface area contributed by atoms with E-state index in [0.29, 0.717) is 16.8 Å². The average molecular weight is 369 g/mol. The van der Waals surface area contributed by atoms with Crippen molar-refractivity contribution >= 4 is 34.2 Å². The lowest BCUT2D eigenvalue weighted by Gasteiger charge is -2.09. The summed E-state index contributed by atoms with van der Waals surface area (Å²) in [4.78, 5) is 12.2. The molecule has 2 aromatic rings. The smallest absolute Gasteiger partial charge is 0.256 e. The molecule has 1 N–H and O–H groups in total. The third kappa shape index (κ3) is 3.12. The van der Waals surface area contributed by atoms with E-state index in [2.05, 4.69) is 27.9 Å². The van der Waals surface area contributed by atoms with Crippen LogP contribution in [0.4, 0.5) is 10.1 Å². The van der Waals surface area contributed by atoms with Gasteiger partial charge in [-0.3, -0.25) is 4.79 Å². The molecule has 2 aromatic carbocycles. The van der Waals surface area contributed by atoms with Crippen LogP contribution in [0.25, 0.3) is 0 Å². The van der Waals surface area contributed by atoms with Crippen LogP contribution in [-0.2, 0) is 0 Å². The Morgan fingerprint density at radius 1 is 1.16 bits per heavy atom. The van der Waals surface area contributed by atoms with Gasteiger partial charge in [-0.1, -0.05) is 12.1 Å². The van der Waals surface area contributed by atoms with E-state index in [9.17, 15) is 9.18 Å². The molecule has 1 amide bonds. The summed E-state index contributed by atoms with van der Waals surface area (Å²) in [5.74, 6) is -0.456. The number of aryl methyl sites for hydroxylation is 2. The van der Waals surface area contributed by atoms with Gasteiger partial charge in [0.25, 0.3) is 5.91 Å². The molecule has 0 spiro atoms. The van der Waals surface area contributed by atoms with Crippen molar-refractivity contribution in [3.8, 4) is 0 Å². The van der Waals surface area contributed by atoms with Crippen molar-refractivity contribution in [3.05, 3.63) is 62.5 Å². The number of halogens is 2. The molecule has 98 valence electrons. The first-order valence-corrected chi connectivity index (χ1v) is 6.89. The van der Waals surface area contributed by atoms with Gasteiger partial charge < -0.3 is 5.32 Å². The van der Waals surface area contributed by atoms with Gasteiger partial charge >= 0.3 is 0 Å². The van der Waals surface area contributed by atoms with Crippen LogP contribution < -0.4 is 5.32 Å².